The first-order chi connectivity index (χ1) is 23.2. The molecule has 0 saturated heterocycles. The molecule has 48 heavy (non-hydrogen) atoms. The number of rotatable bonds is 14. The van der Waals surface area contributed by atoms with Gasteiger partial charge in [0, 0.05) is 23.5 Å². The number of aryl methyl sites for hydroxylation is 1. The van der Waals surface area contributed by atoms with Crippen LogP contribution in [0.4, 0.5) is 5.69 Å². The van der Waals surface area contributed by atoms with Crippen molar-refractivity contribution in [3.05, 3.63) is 124 Å². The molecule has 1 fully saturated rings. The van der Waals surface area contributed by atoms with Crippen LogP contribution in [-0.4, -0.2) is 50.4 Å². The van der Waals surface area contributed by atoms with E-state index in [1.165, 1.54) is 17.0 Å². The van der Waals surface area contributed by atoms with Crippen molar-refractivity contribution in [2.75, 3.05) is 17.5 Å². The Kier molecular flexibility index (Phi) is 11.9. The average molecular weight is 733 g/mol. The molecule has 0 unspecified atom stereocenters. The molecule has 0 aliphatic heterocycles. The number of nitrogens with one attached hydrogen (secondary N) is 1. The van der Waals surface area contributed by atoms with Crippen molar-refractivity contribution < 1.29 is 22.7 Å². The van der Waals surface area contributed by atoms with E-state index < -0.39 is 28.5 Å². The molecule has 0 bridgehead atoms. The lowest BCUT2D eigenvalue weighted by atomic mass is 10.0. The van der Waals surface area contributed by atoms with Gasteiger partial charge < -0.3 is 15.0 Å². The number of ether oxygens (including phenoxy) is 1. The zero-order chi connectivity index (χ0) is 34.1. The zero-order valence-corrected chi connectivity index (χ0v) is 29.8. The first-order valence-electron chi connectivity index (χ1n) is 16.3. The smallest absolute Gasteiger partial charge is 0.264 e. The summed E-state index contributed by atoms with van der Waals surface area (Å²) in [6.45, 7) is 3.56. The van der Waals surface area contributed by atoms with Crippen molar-refractivity contribution in [2.24, 2.45) is 0 Å². The molecular formula is C38H42BrN3O5S. The van der Waals surface area contributed by atoms with Crippen molar-refractivity contribution in [3.63, 3.8) is 0 Å². The first kappa shape index (κ1) is 35.2. The highest BCUT2D eigenvalue weighted by Gasteiger charge is 2.36. The van der Waals surface area contributed by atoms with E-state index in [0.717, 1.165) is 51.2 Å². The Morgan fingerprint density at radius 1 is 0.875 bits per heavy atom. The SMILES string of the molecule is CCOc1ccccc1N(CC(=O)N(Cc1ccc(Br)cc1)[C@H](Cc1ccccc1)C(=O)NC1CCCC1)S(=O)(=O)c1ccc(C)cc1. The van der Waals surface area contributed by atoms with Gasteiger partial charge in [0.05, 0.1) is 17.2 Å². The van der Waals surface area contributed by atoms with Crippen LogP contribution in [0.2, 0.25) is 0 Å². The number of halogens is 1. The van der Waals surface area contributed by atoms with Gasteiger partial charge in [-0.3, -0.25) is 13.9 Å². The van der Waals surface area contributed by atoms with E-state index in [1.54, 1.807) is 36.4 Å². The third-order valence-electron chi connectivity index (χ3n) is 8.56. The fourth-order valence-electron chi connectivity index (χ4n) is 6.00. The minimum absolute atomic E-state index is 0.0388. The standard InChI is InChI=1S/C38H42BrN3O5S/c1-3-47-36-16-10-9-15-34(36)42(48(45,46)33-23-17-28(2)18-24-33)27-37(43)41(26-30-19-21-31(39)22-20-30)35(25-29-11-5-4-6-12-29)38(44)40-32-13-7-8-14-32/h4-6,9-12,15-24,32,35H,3,7-8,13-14,25-27H2,1-2H3,(H,40,44)/t35-/m1/s1. The van der Waals surface area contributed by atoms with Crippen LogP contribution in [-0.2, 0) is 32.6 Å². The van der Waals surface area contributed by atoms with E-state index >= 15 is 0 Å². The van der Waals surface area contributed by atoms with Crippen LogP contribution in [0.5, 0.6) is 5.75 Å². The number of benzene rings is 4. The largest absolute Gasteiger partial charge is 0.492 e. The normalized spacial score (nSPS) is 13.9. The van der Waals surface area contributed by atoms with E-state index in [1.807, 2.05) is 68.4 Å². The molecule has 1 aliphatic rings. The number of para-hydroxylation sites is 2. The van der Waals surface area contributed by atoms with Gasteiger partial charge in [-0.2, -0.15) is 0 Å². The summed E-state index contributed by atoms with van der Waals surface area (Å²) in [6.07, 6.45) is 4.13. The Labute approximate surface area is 292 Å². The predicted molar refractivity (Wildman–Crippen MR) is 192 cm³/mol. The lowest BCUT2D eigenvalue weighted by Gasteiger charge is -2.34. The summed E-state index contributed by atoms with van der Waals surface area (Å²) in [5.74, 6) is -0.427. The summed E-state index contributed by atoms with van der Waals surface area (Å²) < 4.78 is 36.6. The van der Waals surface area contributed by atoms with Gasteiger partial charge in [-0.1, -0.05) is 101 Å². The molecule has 252 valence electrons. The van der Waals surface area contributed by atoms with Gasteiger partial charge in [0.25, 0.3) is 10.0 Å². The molecule has 4 aromatic carbocycles. The van der Waals surface area contributed by atoms with Gasteiger partial charge >= 0.3 is 0 Å². The lowest BCUT2D eigenvalue weighted by Crippen LogP contribution is -2.54. The van der Waals surface area contributed by atoms with Crippen LogP contribution in [0.1, 0.15) is 49.3 Å². The number of hydrogen-bond donors (Lipinski definition) is 1. The number of sulfonamides is 1. The summed E-state index contributed by atoms with van der Waals surface area (Å²) in [6, 6.07) is 29.6. The molecule has 10 heteroatoms. The van der Waals surface area contributed by atoms with Crippen LogP contribution in [0.3, 0.4) is 0 Å². The van der Waals surface area contributed by atoms with Gasteiger partial charge in [0.15, 0.2) is 0 Å². The van der Waals surface area contributed by atoms with E-state index in [4.69, 9.17) is 4.74 Å². The van der Waals surface area contributed by atoms with Crippen molar-refractivity contribution in [3.8, 4) is 5.75 Å². The Balaban J connectivity index is 1.59. The van der Waals surface area contributed by atoms with Crippen LogP contribution in [0.25, 0.3) is 0 Å². The fraction of sp³-hybridized carbons (Fsp3) is 0.316. The summed E-state index contributed by atoms with van der Waals surface area (Å²) in [5, 5.41) is 3.21. The van der Waals surface area contributed by atoms with Crippen LogP contribution in [0.15, 0.2) is 112 Å². The number of carbonyl (C=O) groups is 2. The molecule has 1 atom stereocenters. The second-order valence-electron chi connectivity index (χ2n) is 12.1. The molecule has 8 nitrogen and oxygen atoms in total. The molecule has 0 heterocycles. The Morgan fingerprint density at radius 2 is 1.52 bits per heavy atom. The monoisotopic (exact) mass is 731 g/mol. The molecule has 5 rings (SSSR count). The van der Waals surface area contributed by atoms with Gasteiger partial charge in [0.2, 0.25) is 11.8 Å². The molecule has 4 aromatic rings. The fourth-order valence-corrected chi connectivity index (χ4v) is 7.69. The number of hydrogen-bond acceptors (Lipinski definition) is 5. The predicted octanol–water partition coefficient (Wildman–Crippen LogP) is 7.05. The first-order valence-corrected chi connectivity index (χ1v) is 18.6. The summed E-state index contributed by atoms with van der Waals surface area (Å²) in [5.41, 5.74) is 2.85. The van der Waals surface area contributed by atoms with Gasteiger partial charge in [-0.05, 0) is 74.2 Å². The van der Waals surface area contributed by atoms with Crippen molar-refractivity contribution in [1.29, 1.82) is 0 Å². The quantitative estimate of drug-likeness (QED) is 0.150. The van der Waals surface area contributed by atoms with Crippen molar-refractivity contribution in [1.82, 2.24) is 10.2 Å². The number of anilines is 1. The third kappa shape index (κ3) is 8.85. The highest BCUT2D eigenvalue weighted by molar-refractivity contribution is 9.10. The van der Waals surface area contributed by atoms with E-state index in [-0.39, 0.29) is 35.5 Å². The van der Waals surface area contributed by atoms with Gasteiger partial charge in [-0.15, -0.1) is 0 Å². The maximum absolute atomic E-state index is 14.8. The molecule has 2 amide bonds. The second-order valence-corrected chi connectivity index (χ2v) is 14.8. The maximum Gasteiger partial charge on any atom is 0.264 e. The van der Waals surface area contributed by atoms with Crippen molar-refractivity contribution in [2.45, 2.75) is 69.5 Å². The molecule has 0 spiro atoms. The van der Waals surface area contributed by atoms with E-state index in [0.29, 0.717) is 12.4 Å². The third-order valence-corrected chi connectivity index (χ3v) is 10.9. The average Bonchev–Trinajstić information content (AvgIpc) is 3.60. The molecule has 1 saturated carbocycles. The van der Waals surface area contributed by atoms with Crippen LogP contribution < -0.4 is 14.4 Å². The summed E-state index contributed by atoms with van der Waals surface area (Å²) in [7, 11) is -4.24. The number of amides is 2. The zero-order valence-electron chi connectivity index (χ0n) is 27.3. The highest BCUT2D eigenvalue weighted by Crippen LogP contribution is 2.33. The summed E-state index contributed by atoms with van der Waals surface area (Å²) in [4.78, 5) is 30.5. The van der Waals surface area contributed by atoms with Crippen LogP contribution >= 0.6 is 15.9 Å². The van der Waals surface area contributed by atoms with E-state index in [2.05, 4.69) is 21.2 Å². The van der Waals surface area contributed by atoms with Gasteiger partial charge in [-0.25, -0.2) is 8.42 Å². The summed E-state index contributed by atoms with van der Waals surface area (Å²) >= 11 is 3.48. The topological polar surface area (TPSA) is 96.0 Å². The molecular weight excluding hydrogens is 690 g/mol. The van der Waals surface area contributed by atoms with Crippen LogP contribution in [0, 0.1) is 6.92 Å². The molecule has 1 N–H and O–H groups in total. The molecule has 1 aliphatic carbocycles. The minimum atomic E-state index is -4.24. The maximum atomic E-state index is 14.8. The molecule has 0 aromatic heterocycles. The van der Waals surface area contributed by atoms with Crippen molar-refractivity contribution >= 4 is 43.5 Å². The second kappa shape index (κ2) is 16.3. The van der Waals surface area contributed by atoms with Gasteiger partial charge in [0.1, 0.15) is 18.3 Å². The Hall–Kier alpha value is -4.15. The molecule has 0 radical (unpaired) electrons. The lowest BCUT2D eigenvalue weighted by molar-refractivity contribution is -0.140. The number of nitrogens with zero attached hydrogens (tertiary/aromatic N) is 2. The Morgan fingerprint density at radius 3 is 2.19 bits per heavy atom. The minimum Gasteiger partial charge on any atom is -0.492 e. The number of carbonyl (C=O) groups excluding carboxylic acids is 2. The van der Waals surface area contributed by atoms with E-state index in [9.17, 15) is 18.0 Å². The Bertz CT molecular complexity index is 1780. The highest BCUT2D eigenvalue weighted by atomic mass is 79.9.